The van der Waals surface area contributed by atoms with Gasteiger partial charge in [0.2, 0.25) is 11.8 Å². The third-order valence-corrected chi connectivity index (χ3v) is 4.46. The monoisotopic (exact) mass is 266 g/mol. The van der Waals surface area contributed by atoms with Gasteiger partial charge in [0.1, 0.15) is 0 Å². The minimum atomic E-state index is 0.0354. The van der Waals surface area contributed by atoms with E-state index in [1.165, 1.54) is 19.3 Å². The Bertz CT molecular complexity index is 342. The number of carbonyl (C=O) groups is 2. The van der Waals surface area contributed by atoms with Crippen LogP contribution in [0.1, 0.15) is 52.9 Å². The van der Waals surface area contributed by atoms with E-state index in [1.807, 2.05) is 0 Å². The second kappa shape index (κ2) is 5.93. The Labute approximate surface area is 116 Å². The Morgan fingerprint density at radius 2 is 1.68 bits per heavy atom. The minimum absolute atomic E-state index is 0.0354. The highest BCUT2D eigenvalue weighted by Crippen LogP contribution is 2.28. The Morgan fingerprint density at radius 3 is 2.16 bits per heavy atom. The lowest BCUT2D eigenvalue weighted by molar-refractivity contribution is -0.151. The number of hydrogen-bond donors (Lipinski definition) is 0. The highest BCUT2D eigenvalue weighted by Gasteiger charge is 2.39. The number of nitrogens with zero attached hydrogens (tertiary/aromatic N) is 2. The van der Waals surface area contributed by atoms with Gasteiger partial charge in [-0.1, -0.05) is 19.3 Å². The van der Waals surface area contributed by atoms with Crippen molar-refractivity contribution in [3.63, 3.8) is 0 Å². The van der Waals surface area contributed by atoms with Crippen molar-refractivity contribution in [3.05, 3.63) is 0 Å². The third kappa shape index (κ3) is 3.10. The molecule has 4 heteroatoms. The Hall–Kier alpha value is -1.06. The van der Waals surface area contributed by atoms with Gasteiger partial charge >= 0.3 is 0 Å². The van der Waals surface area contributed by atoms with Crippen molar-refractivity contribution in [1.29, 1.82) is 0 Å². The topological polar surface area (TPSA) is 40.6 Å². The summed E-state index contributed by atoms with van der Waals surface area (Å²) in [4.78, 5) is 27.7. The van der Waals surface area contributed by atoms with Crippen LogP contribution in [0.4, 0.5) is 0 Å². The Balaban J connectivity index is 1.95. The first kappa shape index (κ1) is 14.4. The average Bonchev–Trinajstić information content (AvgIpc) is 2.27. The van der Waals surface area contributed by atoms with Gasteiger partial charge in [-0.15, -0.1) is 0 Å². The third-order valence-electron chi connectivity index (χ3n) is 4.46. The first-order valence-corrected chi connectivity index (χ1v) is 7.58. The van der Waals surface area contributed by atoms with E-state index in [9.17, 15) is 9.59 Å². The summed E-state index contributed by atoms with van der Waals surface area (Å²) in [7, 11) is 0. The quantitative estimate of drug-likeness (QED) is 0.784. The summed E-state index contributed by atoms with van der Waals surface area (Å²) < 4.78 is 0. The van der Waals surface area contributed by atoms with Crippen molar-refractivity contribution in [3.8, 4) is 0 Å². The van der Waals surface area contributed by atoms with Crippen LogP contribution in [0.5, 0.6) is 0 Å². The second-order valence-electron chi connectivity index (χ2n) is 6.25. The van der Waals surface area contributed by atoms with Gasteiger partial charge in [0.25, 0.3) is 0 Å². The molecular formula is C15H26N2O2. The zero-order valence-electron chi connectivity index (χ0n) is 12.4. The van der Waals surface area contributed by atoms with Crippen molar-refractivity contribution in [1.82, 2.24) is 9.80 Å². The van der Waals surface area contributed by atoms with Gasteiger partial charge in [0, 0.05) is 32.1 Å². The molecule has 0 spiro atoms. The van der Waals surface area contributed by atoms with E-state index in [1.54, 1.807) is 11.8 Å². The van der Waals surface area contributed by atoms with Gasteiger partial charge in [0.05, 0.1) is 5.92 Å². The lowest BCUT2D eigenvalue weighted by Crippen LogP contribution is -2.58. The number of amides is 2. The molecule has 108 valence electrons. The summed E-state index contributed by atoms with van der Waals surface area (Å²) in [5.41, 5.74) is 0. The number of carbonyl (C=O) groups excluding carboxylic acids is 2. The first-order chi connectivity index (χ1) is 9.00. The molecule has 1 saturated carbocycles. The van der Waals surface area contributed by atoms with Crippen LogP contribution in [0.2, 0.25) is 0 Å². The molecule has 0 N–H and O–H groups in total. The van der Waals surface area contributed by atoms with E-state index < -0.39 is 0 Å². The molecule has 2 fully saturated rings. The standard InChI is InChI=1S/C15H26N2O2/c1-11(2)17(14-7-5-4-6-8-14)15(19)13-9-16(10-13)12(3)18/h11,13-14H,4-10H2,1-3H3. The van der Waals surface area contributed by atoms with Gasteiger partial charge in [0.15, 0.2) is 0 Å². The van der Waals surface area contributed by atoms with Crippen LogP contribution in [0.15, 0.2) is 0 Å². The van der Waals surface area contributed by atoms with Gasteiger partial charge in [-0.3, -0.25) is 9.59 Å². The molecule has 0 atom stereocenters. The minimum Gasteiger partial charge on any atom is -0.341 e. The van der Waals surface area contributed by atoms with Crippen molar-refractivity contribution in [2.45, 2.75) is 65.0 Å². The predicted molar refractivity (Wildman–Crippen MR) is 74.6 cm³/mol. The highest BCUT2D eigenvalue weighted by molar-refractivity contribution is 5.84. The van der Waals surface area contributed by atoms with E-state index in [-0.39, 0.29) is 23.8 Å². The van der Waals surface area contributed by atoms with Crippen LogP contribution in [0.25, 0.3) is 0 Å². The number of likely N-dealkylation sites (tertiary alicyclic amines) is 1. The maximum atomic E-state index is 12.6. The molecule has 1 aliphatic carbocycles. The summed E-state index contributed by atoms with van der Waals surface area (Å²) in [5, 5.41) is 0. The first-order valence-electron chi connectivity index (χ1n) is 7.58. The Morgan fingerprint density at radius 1 is 1.11 bits per heavy atom. The summed E-state index contributed by atoms with van der Waals surface area (Å²) in [6, 6.07) is 0.689. The fourth-order valence-electron chi connectivity index (χ4n) is 3.32. The van der Waals surface area contributed by atoms with Gasteiger partial charge in [-0.2, -0.15) is 0 Å². The van der Waals surface area contributed by atoms with Gasteiger partial charge < -0.3 is 9.80 Å². The largest absolute Gasteiger partial charge is 0.341 e. The molecule has 0 radical (unpaired) electrons. The van der Waals surface area contributed by atoms with Crippen LogP contribution >= 0.6 is 0 Å². The molecule has 0 unspecified atom stereocenters. The van der Waals surface area contributed by atoms with E-state index in [2.05, 4.69) is 18.7 Å². The van der Waals surface area contributed by atoms with Crippen LogP contribution in [0, 0.1) is 5.92 Å². The van der Waals surface area contributed by atoms with Crippen LogP contribution in [-0.2, 0) is 9.59 Å². The molecule has 1 heterocycles. The Kier molecular flexibility index (Phi) is 4.48. The van der Waals surface area contributed by atoms with E-state index in [0.29, 0.717) is 19.1 Å². The van der Waals surface area contributed by atoms with Crippen molar-refractivity contribution in [2.75, 3.05) is 13.1 Å². The molecule has 0 aromatic rings. The average molecular weight is 266 g/mol. The predicted octanol–water partition coefficient (Wildman–Crippen LogP) is 2.03. The van der Waals surface area contributed by atoms with E-state index >= 15 is 0 Å². The van der Waals surface area contributed by atoms with Crippen LogP contribution in [-0.4, -0.2) is 46.8 Å². The van der Waals surface area contributed by atoms with E-state index in [0.717, 1.165) is 12.8 Å². The fourth-order valence-corrected chi connectivity index (χ4v) is 3.32. The molecular weight excluding hydrogens is 240 g/mol. The van der Waals surface area contributed by atoms with Gasteiger partial charge in [-0.25, -0.2) is 0 Å². The highest BCUT2D eigenvalue weighted by atomic mass is 16.2. The van der Waals surface area contributed by atoms with Crippen LogP contribution < -0.4 is 0 Å². The summed E-state index contributed by atoms with van der Waals surface area (Å²) in [6.45, 7) is 7.01. The number of rotatable bonds is 3. The molecule has 2 rings (SSSR count). The normalized spacial score (nSPS) is 21.4. The molecule has 0 aromatic heterocycles. The van der Waals surface area contributed by atoms with Crippen molar-refractivity contribution < 1.29 is 9.59 Å². The SMILES string of the molecule is CC(=O)N1CC(C(=O)N(C(C)C)C2CCCCC2)C1. The molecule has 19 heavy (non-hydrogen) atoms. The maximum absolute atomic E-state index is 12.6. The molecule has 0 bridgehead atoms. The fraction of sp³-hybridized carbons (Fsp3) is 0.867. The molecule has 4 nitrogen and oxygen atoms in total. The van der Waals surface area contributed by atoms with Crippen molar-refractivity contribution >= 4 is 11.8 Å². The van der Waals surface area contributed by atoms with E-state index in [4.69, 9.17) is 0 Å². The summed E-state index contributed by atoms with van der Waals surface area (Å²) in [5.74, 6) is 0.380. The molecule has 0 aromatic carbocycles. The maximum Gasteiger partial charge on any atom is 0.229 e. The zero-order valence-corrected chi connectivity index (χ0v) is 12.4. The summed E-state index contributed by atoms with van der Waals surface area (Å²) in [6.07, 6.45) is 6.08. The zero-order chi connectivity index (χ0) is 14.0. The molecule has 2 aliphatic rings. The van der Waals surface area contributed by atoms with Crippen LogP contribution in [0.3, 0.4) is 0 Å². The molecule has 2 amide bonds. The van der Waals surface area contributed by atoms with Crippen molar-refractivity contribution in [2.24, 2.45) is 5.92 Å². The van der Waals surface area contributed by atoms with Gasteiger partial charge in [-0.05, 0) is 26.7 Å². The molecule has 1 aliphatic heterocycles. The lowest BCUT2D eigenvalue weighted by atomic mass is 9.90. The summed E-state index contributed by atoms with van der Waals surface area (Å²) >= 11 is 0. The molecule has 1 saturated heterocycles. The smallest absolute Gasteiger partial charge is 0.229 e. The lowest BCUT2D eigenvalue weighted by Gasteiger charge is -2.44. The second-order valence-corrected chi connectivity index (χ2v) is 6.25. The number of hydrogen-bond acceptors (Lipinski definition) is 2.